The van der Waals surface area contributed by atoms with Gasteiger partial charge in [-0.2, -0.15) is 0 Å². The minimum absolute atomic E-state index is 0.00976. The molecule has 0 radical (unpaired) electrons. The van der Waals surface area contributed by atoms with Crippen molar-refractivity contribution in [1.82, 2.24) is 0 Å². The Morgan fingerprint density at radius 1 is 1.38 bits per heavy atom. The van der Waals surface area contributed by atoms with Crippen LogP contribution in [0, 0.1) is 12.3 Å². The van der Waals surface area contributed by atoms with Crippen LogP contribution in [0.25, 0.3) is 0 Å². The molecule has 0 aliphatic rings. The maximum absolute atomic E-state index is 11.6. The molecule has 0 fully saturated rings. The van der Waals surface area contributed by atoms with E-state index in [9.17, 15) is 9.59 Å². The fraction of sp³-hybridized carbons (Fsp3) is 0.250. The summed E-state index contributed by atoms with van der Waals surface area (Å²) in [4.78, 5) is 22.9. The quantitative estimate of drug-likeness (QED) is 0.455. The van der Waals surface area contributed by atoms with E-state index in [1.807, 2.05) is 0 Å². The van der Waals surface area contributed by atoms with Gasteiger partial charge in [0, 0.05) is 12.5 Å². The zero-order valence-corrected chi connectivity index (χ0v) is 11.9. The molecule has 0 heterocycles. The summed E-state index contributed by atoms with van der Waals surface area (Å²) >= 11 is 0. The number of terminal acetylenes is 1. The van der Waals surface area contributed by atoms with Gasteiger partial charge in [-0.1, -0.05) is 30.7 Å². The first-order valence-corrected chi connectivity index (χ1v) is 6.10. The summed E-state index contributed by atoms with van der Waals surface area (Å²) in [6.45, 7) is 4.92. The lowest BCUT2D eigenvalue weighted by Crippen LogP contribution is -2.18. The number of benzene rings is 1. The fourth-order valence-electron chi connectivity index (χ4n) is 1.67. The van der Waals surface area contributed by atoms with Crippen LogP contribution >= 0.6 is 0 Å². The van der Waals surface area contributed by atoms with E-state index in [1.54, 1.807) is 24.3 Å². The molecule has 0 saturated heterocycles. The third-order valence-electron chi connectivity index (χ3n) is 2.56. The van der Waals surface area contributed by atoms with E-state index in [2.05, 4.69) is 17.2 Å². The van der Waals surface area contributed by atoms with Gasteiger partial charge in [0.1, 0.15) is 12.4 Å². The van der Waals surface area contributed by atoms with Crippen LogP contribution in [0.4, 0.5) is 0 Å². The number of hydrogen-bond donors (Lipinski definition) is 0. The summed E-state index contributed by atoms with van der Waals surface area (Å²) in [5.41, 5.74) is 0.461. The molecule has 5 nitrogen and oxygen atoms in total. The highest BCUT2D eigenvalue weighted by Gasteiger charge is 2.27. The Bertz CT molecular complexity index is 583. The van der Waals surface area contributed by atoms with Gasteiger partial charge in [-0.3, -0.25) is 4.79 Å². The molecular weight excluding hydrogens is 272 g/mol. The van der Waals surface area contributed by atoms with Gasteiger partial charge in [-0.25, -0.2) is 4.79 Å². The van der Waals surface area contributed by atoms with E-state index in [0.29, 0.717) is 11.3 Å². The van der Waals surface area contributed by atoms with Crippen molar-refractivity contribution < 1.29 is 23.8 Å². The van der Waals surface area contributed by atoms with Crippen LogP contribution in [0.15, 0.2) is 36.4 Å². The predicted octanol–water partition coefficient (Wildman–Crippen LogP) is 2.03. The molecule has 0 aliphatic heterocycles. The Labute approximate surface area is 123 Å². The largest absolute Gasteiger partial charge is 0.481 e. The number of rotatable bonds is 6. The van der Waals surface area contributed by atoms with Gasteiger partial charge in [-0.05, 0) is 6.07 Å². The molecule has 0 aromatic heterocycles. The summed E-state index contributed by atoms with van der Waals surface area (Å²) in [7, 11) is 1.22. The van der Waals surface area contributed by atoms with Gasteiger partial charge in [0.2, 0.25) is 0 Å². The van der Waals surface area contributed by atoms with Gasteiger partial charge in [0.15, 0.2) is 6.10 Å². The Kier molecular flexibility index (Phi) is 6.02. The van der Waals surface area contributed by atoms with Crippen molar-refractivity contribution >= 4 is 11.9 Å². The normalized spacial score (nSPS) is 10.9. The van der Waals surface area contributed by atoms with Gasteiger partial charge < -0.3 is 14.2 Å². The van der Waals surface area contributed by atoms with Crippen LogP contribution < -0.4 is 4.74 Å². The zero-order chi connectivity index (χ0) is 15.8. The molecule has 0 N–H and O–H groups in total. The van der Waals surface area contributed by atoms with E-state index in [1.165, 1.54) is 14.0 Å². The van der Waals surface area contributed by atoms with E-state index in [-0.39, 0.29) is 12.2 Å². The highest BCUT2D eigenvalue weighted by molar-refractivity contribution is 5.89. The van der Waals surface area contributed by atoms with E-state index in [0.717, 1.165) is 0 Å². The number of carbonyl (C=O) groups is 2. The molecule has 1 atom stereocenters. The SMILES string of the molecule is C#CCOc1ccccc1C(OC(C)=O)C(=C)C(=O)OC. The number of esters is 2. The van der Waals surface area contributed by atoms with Crippen LogP contribution in [0.5, 0.6) is 5.75 Å². The number of ether oxygens (including phenoxy) is 3. The maximum Gasteiger partial charge on any atom is 0.337 e. The summed E-state index contributed by atoms with van der Waals surface area (Å²) in [5.74, 6) is 1.52. The van der Waals surface area contributed by atoms with Gasteiger partial charge >= 0.3 is 11.9 Å². The highest BCUT2D eigenvalue weighted by Crippen LogP contribution is 2.32. The van der Waals surface area contributed by atoms with Crippen molar-refractivity contribution in [3.63, 3.8) is 0 Å². The third-order valence-corrected chi connectivity index (χ3v) is 2.56. The molecule has 21 heavy (non-hydrogen) atoms. The van der Waals surface area contributed by atoms with Gasteiger partial charge in [-0.15, -0.1) is 6.42 Å². The average molecular weight is 288 g/mol. The maximum atomic E-state index is 11.6. The van der Waals surface area contributed by atoms with Crippen molar-refractivity contribution in [3.05, 3.63) is 42.0 Å². The van der Waals surface area contributed by atoms with Crippen LogP contribution in [0.1, 0.15) is 18.6 Å². The molecule has 110 valence electrons. The molecule has 0 saturated carbocycles. The Morgan fingerprint density at radius 3 is 2.62 bits per heavy atom. The van der Waals surface area contributed by atoms with Crippen molar-refractivity contribution in [1.29, 1.82) is 0 Å². The molecule has 1 aromatic rings. The lowest BCUT2D eigenvalue weighted by Gasteiger charge is -2.20. The summed E-state index contributed by atoms with van der Waals surface area (Å²) in [5, 5.41) is 0. The standard InChI is InChI=1S/C16H16O5/c1-5-10-20-14-9-7-6-8-13(14)15(21-12(3)17)11(2)16(18)19-4/h1,6-9,15H,2,10H2,3-4H3. The molecule has 0 aliphatic carbocycles. The number of carbonyl (C=O) groups excluding carboxylic acids is 2. The fourth-order valence-corrected chi connectivity index (χ4v) is 1.67. The minimum atomic E-state index is -0.996. The first-order valence-electron chi connectivity index (χ1n) is 6.10. The molecule has 1 rings (SSSR count). The van der Waals surface area contributed by atoms with Crippen LogP contribution in [-0.4, -0.2) is 25.7 Å². The van der Waals surface area contributed by atoms with Crippen LogP contribution in [-0.2, 0) is 19.1 Å². The monoisotopic (exact) mass is 288 g/mol. The van der Waals surface area contributed by atoms with Crippen LogP contribution in [0.2, 0.25) is 0 Å². The summed E-state index contributed by atoms with van der Waals surface area (Å²) < 4.78 is 15.2. The van der Waals surface area contributed by atoms with Gasteiger partial charge in [0.25, 0.3) is 0 Å². The second-order valence-corrected chi connectivity index (χ2v) is 4.04. The smallest absolute Gasteiger partial charge is 0.337 e. The summed E-state index contributed by atoms with van der Waals surface area (Å²) in [6, 6.07) is 6.78. The zero-order valence-electron chi connectivity index (χ0n) is 11.9. The van der Waals surface area contributed by atoms with E-state index < -0.39 is 18.0 Å². The topological polar surface area (TPSA) is 61.8 Å². The van der Waals surface area contributed by atoms with Crippen molar-refractivity contribution in [2.75, 3.05) is 13.7 Å². The predicted molar refractivity (Wildman–Crippen MR) is 76.4 cm³/mol. The first-order chi connectivity index (χ1) is 10.0. The lowest BCUT2D eigenvalue weighted by molar-refractivity contribution is -0.147. The molecule has 5 heteroatoms. The Hall–Kier alpha value is -2.74. The number of methoxy groups -OCH3 is 1. The molecule has 0 amide bonds. The third kappa shape index (κ3) is 4.39. The molecule has 1 unspecified atom stereocenters. The lowest BCUT2D eigenvalue weighted by atomic mass is 10.0. The van der Waals surface area contributed by atoms with E-state index >= 15 is 0 Å². The number of hydrogen-bond acceptors (Lipinski definition) is 5. The molecule has 1 aromatic carbocycles. The molecular formula is C16H16O5. The average Bonchev–Trinajstić information content (AvgIpc) is 2.49. The summed E-state index contributed by atoms with van der Waals surface area (Å²) in [6.07, 6.45) is 4.16. The second-order valence-electron chi connectivity index (χ2n) is 4.04. The van der Waals surface area contributed by atoms with Crippen LogP contribution in [0.3, 0.4) is 0 Å². The second kappa shape index (κ2) is 7.75. The number of para-hydroxylation sites is 1. The van der Waals surface area contributed by atoms with Crippen molar-refractivity contribution in [2.45, 2.75) is 13.0 Å². The van der Waals surface area contributed by atoms with E-state index in [4.69, 9.17) is 15.9 Å². The Balaban J connectivity index is 3.20. The van der Waals surface area contributed by atoms with Crippen molar-refractivity contribution in [3.8, 4) is 18.1 Å². The minimum Gasteiger partial charge on any atom is -0.481 e. The highest BCUT2D eigenvalue weighted by atomic mass is 16.6. The first kappa shape index (κ1) is 16.3. The van der Waals surface area contributed by atoms with Crippen molar-refractivity contribution in [2.24, 2.45) is 0 Å². The molecule has 0 spiro atoms. The Morgan fingerprint density at radius 2 is 2.05 bits per heavy atom. The molecule has 0 bridgehead atoms. The van der Waals surface area contributed by atoms with Gasteiger partial charge in [0.05, 0.1) is 12.7 Å².